The Balaban J connectivity index is 3.20. The summed E-state index contributed by atoms with van der Waals surface area (Å²) in [7, 11) is 3.33. The standard InChI is InChI=1S/C10H14O2S/c1-7-5-8(11-2)6-9(12-3)10(7)13-4/h5-6H,1-4H3. The zero-order chi connectivity index (χ0) is 9.84. The van der Waals surface area contributed by atoms with Gasteiger partial charge in [-0.05, 0) is 24.8 Å². The molecule has 0 atom stereocenters. The topological polar surface area (TPSA) is 18.5 Å². The van der Waals surface area contributed by atoms with Gasteiger partial charge in [0, 0.05) is 6.07 Å². The fraction of sp³-hybridized carbons (Fsp3) is 0.400. The van der Waals surface area contributed by atoms with Crippen LogP contribution < -0.4 is 9.47 Å². The predicted octanol–water partition coefficient (Wildman–Crippen LogP) is 2.73. The fourth-order valence-electron chi connectivity index (χ4n) is 1.24. The monoisotopic (exact) mass is 198 g/mol. The van der Waals surface area contributed by atoms with Crippen molar-refractivity contribution >= 4 is 11.8 Å². The molecule has 72 valence electrons. The smallest absolute Gasteiger partial charge is 0.136 e. The molecule has 1 rings (SSSR count). The molecule has 0 bridgehead atoms. The molecular formula is C10H14O2S. The predicted molar refractivity (Wildman–Crippen MR) is 56.1 cm³/mol. The first-order valence-corrected chi connectivity index (χ1v) is 5.22. The van der Waals surface area contributed by atoms with Gasteiger partial charge >= 0.3 is 0 Å². The Kier molecular flexibility index (Phi) is 3.48. The second-order valence-corrected chi connectivity index (χ2v) is 3.50. The van der Waals surface area contributed by atoms with Crippen LogP contribution in [0.5, 0.6) is 11.5 Å². The molecule has 0 aliphatic carbocycles. The molecule has 3 heteroatoms. The Hall–Kier alpha value is -0.830. The van der Waals surface area contributed by atoms with Gasteiger partial charge in [0.2, 0.25) is 0 Å². The SMILES string of the molecule is COc1cc(C)c(SC)c(OC)c1. The zero-order valence-electron chi connectivity index (χ0n) is 8.38. The number of hydrogen-bond acceptors (Lipinski definition) is 3. The third-order valence-electron chi connectivity index (χ3n) is 1.87. The highest BCUT2D eigenvalue weighted by Gasteiger charge is 2.07. The van der Waals surface area contributed by atoms with Crippen LogP contribution >= 0.6 is 11.8 Å². The van der Waals surface area contributed by atoms with Crippen molar-refractivity contribution in [3.05, 3.63) is 17.7 Å². The average molecular weight is 198 g/mol. The molecule has 0 aliphatic heterocycles. The number of benzene rings is 1. The van der Waals surface area contributed by atoms with Gasteiger partial charge in [-0.3, -0.25) is 0 Å². The highest BCUT2D eigenvalue weighted by molar-refractivity contribution is 7.98. The molecule has 0 amide bonds. The Morgan fingerprint density at radius 1 is 1.15 bits per heavy atom. The van der Waals surface area contributed by atoms with Crippen LogP contribution in [-0.2, 0) is 0 Å². The van der Waals surface area contributed by atoms with Crippen LogP contribution in [0.3, 0.4) is 0 Å². The molecule has 13 heavy (non-hydrogen) atoms. The van der Waals surface area contributed by atoms with Crippen LogP contribution in [0, 0.1) is 6.92 Å². The lowest BCUT2D eigenvalue weighted by Gasteiger charge is -2.11. The van der Waals surface area contributed by atoms with E-state index < -0.39 is 0 Å². The summed E-state index contributed by atoms with van der Waals surface area (Å²) in [5.41, 5.74) is 1.18. The Bertz CT molecular complexity index is 297. The van der Waals surface area contributed by atoms with E-state index in [0.717, 1.165) is 11.5 Å². The summed E-state index contributed by atoms with van der Waals surface area (Å²) < 4.78 is 10.4. The van der Waals surface area contributed by atoms with E-state index >= 15 is 0 Å². The Morgan fingerprint density at radius 2 is 1.85 bits per heavy atom. The lowest BCUT2D eigenvalue weighted by molar-refractivity contribution is 0.386. The first-order chi connectivity index (χ1) is 6.22. The molecule has 0 aliphatic rings. The van der Waals surface area contributed by atoms with Crippen LogP contribution in [-0.4, -0.2) is 20.5 Å². The van der Waals surface area contributed by atoms with Gasteiger partial charge in [-0.1, -0.05) is 0 Å². The third kappa shape index (κ3) is 2.10. The van der Waals surface area contributed by atoms with E-state index in [4.69, 9.17) is 9.47 Å². The van der Waals surface area contributed by atoms with Crippen molar-refractivity contribution < 1.29 is 9.47 Å². The van der Waals surface area contributed by atoms with E-state index in [9.17, 15) is 0 Å². The molecule has 2 nitrogen and oxygen atoms in total. The zero-order valence-corrected chi connectivity index (χ0v) is 9.20. The van der Waals surface area contributed by atoms with Gasteiger partial charge in [-0.15, -0.1) is 11.8 Å². The number of methoxy groups -OCH3 is 2. The van der Waals surface area contributed by atoms with E-state index in [1.165, 1.54) is 10.5 Å². The molecule has 0 spiro atoms. The number of hydrogen-bond donors (Lipinski definition) is 0. The molecule has 0 N–H and O–H groups in total. The van der Waals surface area contributed by atoms with Crippen LogP contribution in [0.15, 0.2) is 17.0 Å². The summed E-state index contributed by atoms with van der Waals surface area (Å²) in [5.74, 6) is 1.72. The summed E-state index contributed by atoms with van der Waals surface area (Å²) in [6.45, 7) is 2.05. The van der Waals surface area contributed by atoms with Crippen molar-refractivity contribution in [1.82, 2.24) is 0 Å². The van der Waals surface area contributed by atoms with E-state index in [-0.39, 0.29) is 0 Å². The minimum atomic E-state index is 0.840. The molecule has 1 aromatic rings. The fourth-order valence-corrected chi connectivity index (χ4v) is 1.97. The van der Waals surface area contributed by atoms with Crippen LogP contribution in [0.1, 0.15) is 5.56 Å². The summed E-state index contributed by atoms with van der Waals surface area (Å²) in [6, 6.07) is 3.91. The van der Waals surface area contributed by atoms with Gasteiger partial charge in [0.25, 0.3) is 0 Å². The van der Waals surface area contributed by atoms with Gasteiger partial charge in [-0.2, -0.15) is 0 Å². The van der Waals surface area contributed by atoms with Gasteiger partial charge in [0.1, 0.15) is 11.5 Å². The summed E-state index contributed by atoms with van der Waals surface area (Å²) in [5, 5.41) is 0. The second-order valence-electron chi connectivity index (χ2n) is 2.68. The van der Waals surface area contributed by atoms with Gasteiger partial charge in [0.15, 0.2) is 0 Å². The molecule has 0 saturated carbocycles. The van der Waals surface area contributed by atoms with Crippen molar-refractivity contribution in [2.75, 3.05) is 20.5 Å². The largest absolute Gasteiger partial charge is 0.497 e. The number of aryl methyl sites for hydroxylation is 1. The molecular weight excluding hydrogens is 184 g/mol. The van der Waals surface area contributed by atoms with Gasteiger partial charge in [0.05, 0.1) is 19.1 Å². The highest BCUT2D eigenvalue weighted by Crippen LogP contribution is 2.34. The number of thioether (sulfide) groups is 1. The highest BCUT2D eigenvalue weighted by atomic mass is 32.2. The van der Waals surface area contributed by atoms with E-state index in [0.29, 0.717) is 0 Å². The van der Waals surface area contributed by atoms with Crippen molar-refractivity contribution in [2.45, 2.75) is 11.8 Å². The molecule has 0 heterocycles. The first-order valence-electron chi connectivity index (χ1n) is 3.99. The molecule has 0 radical (unpaired) electrons. The molecule has 0 unspecified atom stereocenters. The van der Waals surface area contributed by atoms with E-state index in [1.807, 2.05) is 18.4 Å². The summed E-state index contributed by atoms with van der Waals surface area (Å²) in [6.07, 6.45) is 2.04. The van der Waals surface area contributed by atoms with Crippen molar-refractivity contribution in [3.8, 4) is 11.5 Å². The van der Waals surface area contributed by atoms with E-state index in [2.05, 4.69) is 6.92 Å². The maximum absolute atomic E-state index is 5.26. The van der Waals surface area contributed by atoms with Crippen molar-refractivity contribution in [2.24, 2.45) is 0 Å². The third-order valence-corrected chi connectivity index (χ3v) is 2.81. The molecule has 1 aromatic carbocycles. The maximum atomic E-state index is 5.26. The van der Waals surface area contributed by atoms with Crippen LogP contribution in [0.25, 0.3) is 0 Å². The normalized spacial score (nSPS) is 9.85. The molecule has 0 fully saturated rings. The van der Waals surface area contributed by atoms with Crippen LogP contribution in [0.4, 0.5) is 0 Å². The quantitative estimate of drug-likeness (QED) is 0.696. The number of ether oxygens (including phenoxy) is 2. The maximum Gasteiger partial charge on any atom is 0.136 e. The van der Waals surface area contributed by atoms with E-state index in [1.54, 1.807) is 26.0 Å². The average Bonchev–Trinajstić information content (AvgIpc) is 2.16. The minimum absolute atomic E-state index is 0.840. The van der Waals surface area contributed by atoms with Gasteiger partial charge < -0.3 is 9.47 Å². The Morgan fingerprint density at radius 3 is 2.31 bits per heavy atom. The first kappa shape index (κ1) is 10.3. The second kappa shape index (κ2) is 4.42. The summed E-state index contributed by atoms with van der Waals surface area (Å²) >= 11 is 1.69. The lowest BCUT2D eigenvalue weighted by atomic mass is 10.2. The summed E-state index contributed by atoms with van der Waals surface area (Å²) in [4.78, 5) is 1.17. The van der Waals surface area contributed by atoms with Crippen LogP contribution in [0.2, 0.25) is 0 Å². The molecule has 0 saturated heterocycles. The minimum Gasteiger partial charge on any atom is -0.497 e. The molecule has 0 aromatic heterocycles. The van der Waals surface area contributed by atoms with Crippen molar-refractivity contribution in [1.29, 1.82) is 0 Å². The van der Waals surface area contributed by atoms with Gasteiger partial charge in [-0.25, -0.2) is 0 Å². The number of rotatable bonds is 3. The lowest BCUT2D eigenvalue weighted by Crippen LogP contribution is -1.91. The van der Waals surface area contributed by atoms with Crippen molar-refractivity contribution in [3.63, 3.8) is 0 Å². The Labute approximate surface area is 83.2 Å².